The summed E-state index contributed by atoms with van der Waals surface area (Å²) >= 11 is 7.84. The molecule has 0 bridgehead atoms. The number of anilines is 1. The third kappa shape index (κ3) is 3.09. The van der Waals surface area contributed by atoms with Crippen LogP contribution in [0.4, 0.5) is 5.82 Å². The first kappa shape index (κ1) is 13.5. The van der Waals surface area contributed by atoms with Gasteiger partial charge in [0.05, 0.1) is 4.90 Å². The molecule has 1 aromatic heterocycles. The fourth-order valence-corrected chi connectivity index (χ4v) is 2.77. The Labute approximate surface area is 123 Å². The summed E-state index contributed by atoms with van der Waals surface area (Å²) in [5.41, 5.74) is 0. The van der Waals surface area contributed by atoms with Crippen molar-refractivity contribution >= 4 is 50.0 Å². The molecule has 0 radical (unpaired) electrons. The van der Waals surface area contributed by atoms with Crippen LogP contribution in [0.1, 0.15) is 0 Å². The van der Waals surface area contributed by atoms with Crippen molar-refractivity contribution in [2.24, 2.45) is 0 Å². The van der Waals surface area contributed by atoms with Crippen molar-refractivity contribution in [1.82, 2.24) is 9.97 Å². The predicted octanol–water partition coefficient (Wildman–Crippen LogP) is 2.54. The lowest BCUT2D eigenvalue weighted by Crippen LogP contribution is -2.14. The number of halogens is 2. The Bertz CT molecular complexity index is 661. The Kier molecular flexibility index (Phi) is 4.03. The van der Waals surface area contributed by atoms with E-state index in [1.54, 1.807) is 12.1 Å². The van der Waals surface area contributed by atoms with E-state index >= 15 is 0 Å². The van der Waals surface area contributed by atoms with Crippen LogP contribution in [0.15, 0.2) is 41.6 Å². The zero-order valence-corrected chi connectivity index (χ0v) is 12.6. The van der Waals surface area contributed by atoms with Crippen LogP contribution in [0.25, 0.3) is 0 Å². The SMILES string of the molecule is O=S(=O)(Nc1nccnc1Cl)c1ccc(I)cc1. The molecule has 1 N–H and O–H groups in total. The fourth-order valence-electron chi connectivity index (χ4n) is 1.19. The standard InChI is InChI=1S/C10H7ClIN3O2S/c11-9-10(14-6-5-13-9)15-18(16,17)8-3-1-7(12)2-4-8/h1-6H,(H,14,15). The molecule has 1 heterocycles. The minimum Gasteiger partial charge on any atom is -0.261 e. The van der Waals surface area contributed by atoms with Crippen molar-refractivity contribution in [2.75, 3.05) is 4.72 Å². The molecule has 0 atom stereocenters. The lowest BCUT2D eigenvalue weighted by Gasteiger charge is -2.07. The van der Waals surface area contributed by atoms with Crippen LogP contribution in [0.2, 0.25) is 5.15 Å². The third-order valence-corrected chi connectivity index (χ3v) is 4.36. The quantitative estimate of drug-likeness (QED) is 0.811. The van der Waals surface area contributed by atoms with E-state index in [1.165, 1.54) is 24.5 Å². The van der Waals surface area contributed by atoms with E-state index in [-0.39, 0.29) is 15.9 Å². The summed E-state index contributed by atoms with van der Waals surface area (Å²) in [7, 11) is -3.69. The van der Waals surface area contributed by atoms with Gasteiger partial charge in [0.1, 0.15) is 0 Å². The number of hydrogen-bond acceptors (Lipinski definition) is 4. The molecule has 0 saturated carbocycles. The minimum atomic E-state index is -3.69. The highest BCUT2D eigenvalue weighted by Gasteiger charge is 2.16. The summed E-state index contributed by atoms with van der Waals surface area (Å²) < 4.78 is 27.3. The molecule has 0 fully saturated rings. The highest BCUT2D eigenvalue weighted by atomic mass is 127. The Morgan fingerprint density at radius 3 is 2.33 bits per heavy atom. The van der Waals surface area contributed by atoms with Crippen LogP contribution < -0.4 is 4.72 Å². The van der Waals surface area contributed by atoms with Gasteiger partial charge < -0.3 is 0 Å². The maximum atomic E-state index is 12.0. The van der Waals surface area contributed by atoms with E-state index in [4.69, 9.17) is 11.6 Å². The van der Waals surface area contributed by atoms with Gasteiger partial charge in [-0.2, -0.15) is 0 Å². The molecular weight excluding hydrogens is 389 g/mol. The number of nitrogens with one attached hydrogen (secondary N) is 1. The molecule has 94 valence electrons. The maximum absolute atomic E-state index is 12.0. The van der Waals surface area contributed by atoms with Gasteiger partial charge in [-0.1, -0.05) is 11.6 Å². The van der Waals surface area contributed by atoms with Crippen molar-refractivity contribution in [3.05, 3.63) is 45.4 Å². The molecule has 8 heteroatoms. The highest BCUT2D eigenvalue weighted by Crippen LogP contribution is 2.20. The number of sulfonamides is 1. The van der Waals surface area contributed by atoms with Crippen molar-refractivity contribution in [3.8, 4) is 0 Å². The van der Waals surface area contributed by atoms with Gasteiger partial charge in [0.25, 0.3) is 10.0 Å². The Morgan fingerprint density at radius 2 is 1.72 bits per heavy atom. The number of rotatable bonds is 3. The van der Waals surface area contributed by atoms with Crippen molar-refractivity contribution < 1.29 is 8.42 Å². The lowest BCUT2D eigenvalue weighted by molar-refractivity contribution is 0.601. The van der Waals surface area contributed by atoms with Gasteiger partial charge in [-0.25, -0.2) is 18.4 Å². The van der Waals surface area contributed by atoms with Gasteiger partial charge in [0, 0.05) is 16.0 Å². The topological polar surface area (TPSA) is 72.0 Å². The summed E-state index contributed by atoms with van der Waals surface area (Å²) in [6.07, 6.45) is 2.74. The summed E-state index contributed by atoms with van der Waals surface area (Å²) in [6, 6.07) is 6.42. The minimum absolute atomic E-state index is 0.00610. The lowest BCUT2D eigenvalue weighted by atomic mass is 10.4. The van der Waals surface area contributed by atoms with Crippen LogP contribution in [-0.4, -0.2) is 18.4 Å². The van der Waals surface area contributed by atoms with Crippen LogP contribution in [0.5, 0.6) is 0 Å². The van der Waals surface area contributed by atoms with Crippen molar-refractivity contribution in [3.63, 3.8) is 0 Å². The first-order chi connectivity index (χ1) is 8.49. The normalized spacial score (nSPS) is 11.2. The average Bonchev–Trinajstić information content (AvgIpc) is 2.32. The van der Waals surface area contributed by atoms with Gasteiger partial charge in [-0.3, -0.25) is 4.72 Å². The Balaban J connectivity index is 2.33. The first-order valence-electron chi connectivity index (χ1n) is 4.74. The summed E-state index contributed by atoms with van der Waals surface area (Å²) in [4.78, 5) is 7.71. The number of aromatic nitrogens is 2. The van der Waals surface area contributed by atoms with Crippen molar-refractivity contribution in [1.29, 1.82) is 0 Å². The monoisotopic (exact) mass is 395 g/mol. The van der Waals surface area contributed by atoms with Crippen LogP contribution >= 0.6 is 34.2 Å². The molecule has 2 aromatic rings. The molecule has 0 aliphatic carbocycles. The van der Waals surface area contributed by atoms with E-state index in [1.807, 2.05) is 0 Å². The maximum Gasteiger partial charge on any atom is 0.263 e. The number of hydrogen-bond donors (Lipinski definition) is 1. The van der Waals surface area contributed by atoms with E-state index < -0.39 is 10.0 Å². The second-order valence-corrected chi connectivity index (χ2v) is 6.54. The highest BCUT2D eigenvalue weighted by molar-refractivity contribution is 14.1. The Hall–Kier alpha value is -0.930. The average molecular weight is 396 g/mol. The van der Waals surface area contributed by atoms with Gasteiger partial charge in [-0.15, -0.1) is 0 Å². The molecular formula is C10H7ClIN3O2S. The van der Waals surface area contributed by atoms with Gasteiger partial charge >= 0.3 is 0 Å². The molecule has 0 amide bonds. The molecule has 0 spiro atoms. The number of nitrogens with zero attached hydrogens (tertiary/aromatic N) is 2. The van der Waals surface area contributed by atoms with E-state index in [2.05, 4.69) is 37.3 Å². The zero-order chi connectivity index (χ0) is 13.2. The van der Waals surface area contributed by atoms with Gasteiger partial charge in [0.15, 0.2) is 11.0 Å². The smallest absolute Gasteiger partial charge is 0.261 e. The van der Waals surface area contributed by atoms with E-state index in [9.17, 15) is 8.42 Å². The van der Waals surface area contributed by atoms with Crippen LogP contribution in [0, 0.1) is 3.57 Å². The van der Waals surface area contributed by atoms with E-state index in [0.29, 0.717) is 0 Å². The molecule has 0 aliphatic heterocycles. The molecule has 0 aliphatic rings. The molecule has 5 nitrogen and oxygen atoms in total. The largest absolute Gasteiger partial charge is 0.263 e. The van der Waals surface area contributed by atoms with Crippen LogP contribution in [-0.2, 0) is 10.0 Å². The Morgan fingerprint density at radius 1 is 1.11 bits per heavy atom. The second kappa shape index (κ2) is 5.37. The zero-order valence-electron chi connectivity index (χ0n) is 8.84. The molecule has 1 aromatic carbocycles. The summed E-state index contributed by atoms with van der Waals surface area (Å²) in [6.45, 7) is 0. The van der Waals surface area contributed by atoms with Crippen LogP contribution in [0.3, 0.4) is 0 Å². The van der Waals surface area contributed by atoms with E-state index in [0.717, 1.165) is 3.57 Å². The first-order valence-corrected chi connectivity index (χ1v) is 7.68. The molecule has 18 heavy (non-hydrogen) atoms. The molecule has 0 saturated heterocycles. The third-order valence-electron chi connectivity index (χ3n) is 2.01. The predicted molar refractivity (Wildman–Crippen MR) is 77.0 cm³/mol. The molecule has 0 unspecified atom stereocenters. The molecule has 2 rings (SSSR count). The van der Waals surface area contributed by atoms with Gasteiger partial charge in [-0.05, 0) is 46.9 Å². The second-order valence-electron chi connectivity index (χ2n) is 3.26. The summed E-state index contributed by atoms with van der Waals surface area (Å²) in [5, 5.41) is 0.00610. The fraction of sp³-hybridized carbons (Fsp3) is 0. The summed E-state index contributed by atoms with van der Waals surface area (Å²) in [5.74, 6) is 0.0118. The van der Waals surface area contributed by atoms with Gasteiger partial charge in [0.2, 0.25) is 0 Å². The van der Waals surface area contributed by atoms with Crippen molar-refractivity contribution in [2.45, 2.75) is 4.90 Å². The number of benzene rings is 1.